The van der Waals surface area contributed by atoms with Crippen LogP contribution in [0.4, 0.5) is 0 Å². The molecule has 0 N–H and O–H groups in total. The van der Waals surface area contributed by atoms with Crippen molar-refractivity contribution in [3.05, 3.63) is 66.2 Å². The van der Waals surface area contributed by atoms with Crippen molar-refractivity contribution in [2.45, 2.75) is 17.2 Å². The van der Waals surface area contributed by atoms with Gasteiger partial charge < -0.3 is 0 Å². The minimum atomic E-state index is -0.0563. The summed E-state index contributed by atoms with van der Waals surface area (Å²) in [6, 6.07) is 22.1. The summed E-state index contributed by atoms with van der Waals surface area (Å²) in [6.07, 6.45) is 1.35. The molecule has 0 spiro atoms. The summed E-state index contributed by atoms with van der Waals surface area (Å²) >= 11 is 2.15. The third-order valence-corrected chi connectivity index (χ3v) is 8.57. The van der Waals surface area contributed by atoms with Crippen molar-refractivity contribution in [1.29, 1.82) is 0 Å². The fourth-order valence-corrected chi connectivity index (χ4v) is 8.17. The molecule has 0 aromatic heterocycles. The van der Waals surface area contributed by atoms with Gasteiger partial charge in [-0.05, 0) is 17.0 Å². The highest BCUT2D eigenvalue weighted by molar-refractivity contribution is 8.08. The molecule has 1 fully saturated rings. The number of rotatable bonds is 2. The van der Waals surface area contributed by atoms with Crippen LogP contribution in [-0.2, 0) is 0 Å². The number of benzene rings is 2. The Kier molecular flexibility index (Phi) is 3.72. The van der Waals surface area contributed by atoms with Crippen LogP contribution in [0.25, 0.3) is 0 Å². The molecule has 0 aliphatic carbocycles. The van der Waals surface area contributed by atoms with Crippen LogP contribution >= 0.6 is 19.7 Å². The second-order valence-electron chi connectivity index (χ2n) is 4.70. The first-order valence-corrected chi connectivity index (χ1v) is 8.90. The average Bonchev–Trinajstić information content (AvgIpc) is 2.83. The van der Waals surface area contributed by atoms with Gasteiger partial charge in [0.15, 0.2) is 0 Å². The van der Waals surface area contributed by atoms with Gasteiger partial charge >= 0.3 is 0 Å². The zero-order valence-corrected chi connectivity index (χ0v) is 12.2. The van der Waals surface area contributed by atoms with Gasteiger partial charge in [-0.15, -0.1) is 11.8 Å². The lowest BCUT2D eigenvalue weighted by atomic mass is 10.2. The number of thioether (sulfide) groups is 1. The van der Waals surface area contributed by atoms with Crippen LogP contribution in [-0.4, -0.2) is 11.4 Å². The van der Waals surface area contributed by atoms with Gasteiger partial charge in [0.2, 0.25) is 0 Å². The van der Waals surface area contributed by atoms with Gasteiger partial charge in [-0.2, -0.15) is 0 Å². The molecule has 18 heavy (non-hydrogen) atoms. The molecule has 2 heteroatoms. The van der Waals surface area contributed by atoms with Crippen LogP contribution in [0.5, 0.6) is 0 Å². The first kappa shape index (κ1) is 12.3. The standard InChI is InChI=1S/C16H17PS/c1-13-12-17(15-10-6-3-7-11-15)16(18-13)14-8-4-2-5-9-14/h2-11,13,16H,12H2,1H3/t13-,16-,17+/m1/s1. The molecule has 1 aliphatic rings. The minimum absolute atomic E-state index is 0.0563. The van der Waals surface area contributed by atoms with E-state index in [9.17, 15) is 0 Å². The maximum absolute atomic E-state index is 2.37. The zero-order chi connectivity index (χ0) is 12.4. The van der Waals surface area contributed by atoms with Crippen LogP contribution in [0.1, 0.15) is 17.5 Å². The van der Waals surface area contributed by atoms with Gasteiger partial charge in [0.1, 0.15) is 0 Å². The quantitative estimate of drug-likeness (QED) is 0.718. The summed E-state index contributed by atoms with van der Waals surface area (Å²) in [6.45, 7) is 2.37. The van der Waals surface area contributed by atoms with Crippen molar-refractivity contribution >= 4 is 25.0 Å². The van der Waals surface area contributed by atoms with Gasteiger partial charge in [0, 0.05) is 5.25 Å². The molecule has 3 atom stereocenters. The van der Waals surface area contributed by atoms with Gasteiger partial charge in [-0.25, -0.2) is 0 Å². The Labute approximate surface area is 115 Å². The number of hydrogen-bond acceptors (Lipinski definition) is 1. The number of hydrogen-bond donors (Lipinski definition) is 0. The molecule has 0 radical (unpaired) electrons. The van der Waals surface area contributed by atoms with Crippen molar-refractivity contribution in [1.82, 2.24) is 0 Å². The molecule has 2 aromatic rings. The monoisotopic (exact) mass is 272 g/mol. The Hall–Kier alpha value is -0.780. The molecule has 0 amide bonds. The summed E-state index contributed by atoms with van der Waals surface area (Å²) < 4.78 is 0. The van der Waals surface area contributed by atoms with Crippen LogP contribution < -0.4 is 5.30 Å². The van der Waals surface area contributed by atoms with E-state index in [1.54, 1.807) is 5.30 Å². The van der Waals surface area contributed by atoms with Crippen molar-refractivity contribution in [3.8, 4) is 0 Å². The second-order valence-corrected chi connectivity index (χ2v) is 8.93. The van der Waals surface area contributed by atoms with E-state index in [4.69, 9.17) is 0 Å². The summed E-state index contributed by atoms with van der Waals surface area (Å²) in [4.78, 5) is 0.679. The smallest absolute Gasteiger partial charge is 0.0539 e. The van der Waals surface area contributed by atoms with Crippen LogP contribution in [0.3, 0.4) is 0 Å². The lowest BCUT2D eigenvalue weighted by Crippen LogP contribution is -2.04. The van der Waals surface area contributed by atoms with Crippen LogP contribution in [0.15, 0.2) is 60.7 Å². The van der Waals surface area contributed by atoms with Gasteiger partial charge in [-0.1, -0.05) is 75.5 Å². The molecule has 2 aromatic carbocycles. The average molecular weight is 272 g/mol. The van der Waals surface area contributed by atoms with E-state index in [1.165, 1.54) is 11.7 Å². The molecule has 0 nitrogen and oxygen atoms in total. The first-order valence-electron chi connectivity index (χ1n) is 6.37. The Morgan fingerprint density at radius 2 is 1.56 bits per heavy atom. The van der Waals surface area contributed by atoms with Gasteiger partial charge in [0.05, 0.1) is 4.99 Å². The van der Waals surface area contributed by atoms with Crippen LogP contribution in [0.2, 0.25) is 0 Å². The minimum Gasteiger partial charge on any atom is -0.145 e. The predicted molar refractivity (Wildman–Crippen MR) is 84.1 cm³/mol. The van der Waals surface area contributed by atoms with E-state index in [0.29, 0.717) is 4.99 Å². The fourth-order valence-electron chi connectivity index (χ4n) is 2.45. The van der Waals surface area contributed by atoms with Crippen LogP contribution in [0, 0.1) is 0 Å². The molecule has 0 saturated carbocycles. The van der Waals surface area contributed by atoms with E-state index in [2.05, 4.69) is 79.3 Å². The van der Waals surface area contributed by atoms with Crippen molar-refractivity contribution in [3.63, 3.8) is 0 Å². The highest BCUT2D eigenvalue weighted by Gasteiger charge is 2.34. The van der Waals surface area contributed by atoms with E-state index in [0.717, 1.165) is 5.25 Å². The molecule has 0 unspecified atom stereocenters. The normalized spacial score (nSPS) is 27.3. The SMILES string of the molecule is C[C@@H]1C[P@@](c2ccccc2)[C@@H](c2ccccc2)S1. The topological polar surface area (TPSA) is 0 Å². The maximum Gasteiger partial charge on any atom is 0.0539 e. The molecule has 0 bridgehead atoms. The zero-order valence-electron chi connectivity index (χ0n) is 10.5. The molecule has 92 valence electrons. The molecular formula is C16H17PS. The molecule has 1 saturated heterocycles. The fraction of sp³-hybridized carbons (Fsp3) is 0.250. The highest BCUT2D eigenvalue weighted by atomic mass is 32.2. The Bertz CT molecular complexity index is 450. The highest BCUT2D eigenvalue weighted by Crippen LogP contribution is 2.64. The Morgan fingerprint density at radius 3 is 2.22 bits per heavy atom. The Morgan fingerprint density at radius 1 is 0.944 bits per heavy atom. The van der Waals surface area contributed by atoms with Gasteiger partial charge in [-0.3, -0.25) is 0 Å². The Balaban J connectivity index is 1.93. The van der Waals surface area contributed by atoms with E-state index < -0.39 is 0 Å². The maximum atomic E-state index is 2.37. The third-order valence-electron chi connectivity index (χ3n) is 3.27. The van der Waals surface area contributed by atoms with E-state index in [-0.39, 0.29) is 7.92 Å². The third kappa shape index (κ3) is 2.48. The summed E-state index contributed by atoms with van der Waals surface area (Å²) in [5, 5.41) is 2.33. The van der Waals surface area contributed by atoms with E-state index >= 15 is 0 Å². The van der Waals surface area contributed by atoms with Crippen molar-refractivity contribution < 1.29 is 0 Å². The molecular weight excluding hydrogens is 255 g/mol. The van der Waals surface area contributed by atoms with Crippen molar-refractivity contribution in [2.75, 3.05) is 6.16 Å². The lowest BCUT2D eigenvalue weighted by molar-refractivity contribution is 1.14. The molecule has 1 aliphatic heterocycles. The predicted octanol–water partition coefficient (Wildman–Crippen LogP) is 4.63. The summed E-state index contributed by atoms with van der Waals surface area (Å²) in [7, 11) is -0.0563. The summed E-state index contributed by atoms with van der Waals surface area (Å²) in [5.74, 6) is 0. The van der Waals surface area contributed by atoms with Crippen molar-refractivity contribution in [2.24, 2.45) is 0 Å². The second kappa shape index (κ2) is 5.47. The lowest BCUT2D eigenvalue weighted by Gasteiger charge is -2.20. The first-order chi connectivity index (χ1) is 8.84. The largest absolute Gasteiger partial charge is 0.145 e. The van der Waals surface area contributed by atoms with Gasteiger partial charge in [0.25, 0.3) is 0 Å². The van der Waals surface area contributed by atoms with E-state index in [1.807, 2.05) is 0 Å². The molecule has 3 rings (SSSR count). The molecule has 1 heterocycles. The summed E-state index contributed by atoms with van der Waals surface area (Å²) in [5.41, 5.74) is 1.50.